The molecule has 12 aromatic rings. The molecule has 0 atom stereocenters. The average molecular weight is 804 g/mol. The minimum Gasteiger partial charge on any atom is -0.456 e. The van der Waals surface area contributed by atoms with Crippen LogP contribution in [0.3, 0.4) is 0 Å². The summed E-state index contributed by atoms with van der Waals surface area (Å²) in [5.41, 5.74) is 22.0. The molecule has 0 saturated carbocycles. The van der Waals surface area contributed by atoms with Crippen LogP contribution in [0.25, 0.3) is 122 Å². The summed E-state index contributed by atoms with van der Waals surface area (Å²) in [6.07, 6.45) is 0.903. The molecular formula is C60H37NO2. The molecule has 63 heavy (non-hydrogen) atoms. The van der Waals surface area contributed by atoms with Crippen LogP contribution in [-0.4, -0.2) is 4.98 Å². The third-order valence-electron chi connectivity index (χ3n) is 12.9. The molecule has 294 valence electrons. The van der Waals surface area contributed by atoms with Crippen LogP contribution in [0.15, 0.2) is 221 Å². The van der Waals surface area contributed by atoms with Crippen LogP contribution in [0.1, 0.15) is 11.1 Å². The van der Waals surface area contributed by atoms with Crippen LogP contribution in [0.5, 0.6) is 0 Å². The van der Waals surface area contributed by atoms with Crippen molar-refractivity contribution in [2.24, 2.45) is 0 Å². The van der Waals surface area contributed by atoms with Gasteiger partial charge in [0.2, 0.25) is 0 Å². The number of pyridine rings is 1. The number of rotatable bonds is 6. The topological polar surface area (TPSA) is 39.2 Å². The molecule has 3 heteroatoms. The van der Waals surface area contributed by atoms with Crippen LogP contribution in [0, 0.1) is 0 Å². The van der Waals surface area contributed by atoms with E-state index in [0.29, 0.717) is 0 Å². The summed E-state index contributed by atoms with van der Waals surface area (Å²) in [4.78, 5) is 5.34. The van der Waals surface area contributed by atoms with Crippen molar-refractivity contribution in [2.45, 2.75) is 6.42 Å². The van der Waals surface area contributed by atoms with Gasteiger partial charge in [0.1, 0.15) is 22.3 Å². The van der Waals surface area contributed by atoms with Gasteiger partial charge in [-0.3, -0.25) is 0 Å². The summed E-state index contributed by atoms with van der Waals surface area (Å²) < 4.78 is 12.8. The van der Waals surface area contributed by atoms with Crippen LogP contribution in [0.2, 0.25) is 0 Å². The first kappa shape index (κ1) is 35.5. The Morgan fingerprint density at radius 1 is 0.302 bits per heavy atom. The number of hydrogen-bond donors (Lipinski definition) is 0. The number of furan rings is 2. The predicted octanol–water partition coefficient (Wildman–Crippen LogP) is 16.5. The lowest BCUT2D eigenvalue weighted by Crippen LogP contribution is -1.94. The lowest BCUT2D eigenvalue weighted by atomic mass is 9.89. The van der Waals surface area contributed by atoms with Gasteiger partial charge in [0.05, 0.1) is 11.4 Å². The summed E-state index contributed by atoms with van der Waals surface area (Å²) in [7, 11) is 0. The van der Waals surface area contributed by atoms with E-state index in [9.17, 15) is 0 Å². The Hall–Kier alpha value is -8.27. The SMILES string of the molecule is c1ccc(-c2cc(-c3cc(-c4cccc5c4Cc4ccccc4-5)cc(-c4cccc5c4oc4ccccc45)c3)cc(-c3ccc(-c4ccc5oc6ccccc6c5c4)cc3)n2)cc1. The standard InChI is InChI=1S/C60H37NO2/c1-2-12-38(13-3-1)55-35-43(36-56(61-55)39-26-24-37(25-27-39)40-28-29-59-54(33-40)51-17-7-8-22-57(51)62-59)42-30-44(47-18-10-20-49-46-15-5-4-14-41(46)34-53(47)49)32-45(31-42)48-19-11-21-52-50-16-6-9-23-58(50)63-60(48)52/h1-33,35-36H,34H2. The lowest BCUT2D eigenvalue weighted by Gasteiger charge is -2.16. The molecule has 3 nitrogen and oxygen atoms in total. The van der Waals surface area contributed by atoms with E-state index in [4.69, 9.17) is 13.8 Å². The second-order valence-electron chi connectivity index (χ2n) is 16.6. The van der Waals surface area contributed by atoms with Gasteiger partial charge in [-0.15, -0.1) is 0 Å². The zero-order chi connectivity index (χ0) is 41.4. The minimum absolute atomic E-state index is 0.891. The van der Waals surface area contributed by atoms with E-state index in [0.717, 1.165) is 106 Å². The molecule has 13 rings (SSSR count). The van der Waals surface area contributed by atoms with Crippen LogP contribution in [-0.2, 0) is 6.42 Å². The van der Waals surface area contributed by atoms with E-state index >= 15 is 0 Å². The summed E-state index contributed by atoms with van der Waals surface area (Å²) in [6.45, 7) is 0. The molecule has 0 bridgehead atoms. The third kappa shape index (κ3) is 5.93. The molecule has 3 heterocycles. The Bertz CT molecular complexity index is 3760. The van der Waals surface area contributed by atoms with Crippen molar-refractivity contribution < 1.29 is 8.83 Å². The number of nitrogens with zero attached hydrogens (tertiary/aromatic N) is 1. The molecular weight excluding hydrogens is 767 g/mol. The Labute approximate surface area is 364 Å². The highest BCUT2D eigenvalue weighted by atomic mass is 16.3. The fraction of sp³-hybridized carbons (Fsp3) is 0.0167. The summed E-state index contributed by atoms with van der Waals surface area (Å²) in [5, 5.41) is 4.49. The maximum Gasteiger partial charge on any atom is 0.143 e. The summed E-state index contributed by atoms with van der Waals surface area (Å²) in [5.74, 6) is 0. The van der Waals surface area contributed by atoms with Crippen molar-refractivity contribution in [2.75, 3.05) is 0 Å². The fourth-order valence-electron chi connectivity index (χ4n) is 9.85. The maximum absolute atomic E-state index is 6.66. The average Bonchev–Trinajstić information content (AvgIpc) is 4.05. The highest BCUT2D eigenvalue weighted by molar-refractivity contribution is 6.10. The van der Waals surface area contributed by atoms with E-state index in [-0.39, 0.29) is 0 Å². The van der Waals surface area contributed by atoms with E-state index in [1.807, 2.05) is 18.2 Å². The number of hydrogen-bond acceptors (Lipinski definition) is 3. The van der Waals surface area contributed by atoms with Gasteiger partial charge in [-0.1, -0.05) is 158 Å². The quantitative estimate of drug-likeness (QED) is 0.168. The molecule has 0 spiro atoms. The van der Waals surface area contributed by atoms with Gasteiger partial charge >= 0.3 is 0 Å². The van der Waals surface area contributed by atoms with Gasteiger partial charge in [-0.2, -0.15) is 0 Å². The van der Waals surface area contributed by atoms with Gasteiger partial charge in [-0.05, 0) is 122 Å². The molecule has 9 aromatic carbocycles. The Balaban J connectivity index is 0.986. The number of aromatic nitrogens is 1. The lowest BCUT2D eigenvalue weighted by molar-refractivity contribution is 0.669. The number of fused-ring (bicyclic) bond motifs is 9. The van der Waals surface area contributed by atoms with Crippen LogP contribution >= 0.6 is 0 Å². The Morgan fingerprint density at radius 3 is 1.67 bits per heavy atom. The third-order valence-corrected chi connectivity index (χ3v) is 12.9. The number of para-hydroxylation sites is 3. The number of benzene rings is 9. The van der Waals surface area contributed by atoms with Gasteiger partial charge < -0.3 is 8.83 Å². The molecule has 0 radical (unpaired) electrons. The molecule has 0 aliphatic heterocycles. The second-order valence-corrected chi connectivity index (χ2v) is 16.6. The van der Waals surface area contributed by atoms with E-state index in [2.05, 4.69) is 194 Å². The highest BCUT2D eigenvalue weighted by Gasteiger charge is 2.23. The largest absolute Gasteiger partial charge is 0.456 e. The first-order valence-electron chi connectivity index (χ1n) is 21.5. The first-order chi connectivity index (χ1) is 31.2. The van der Waals surface area contributed by atoms with Gasteiger partial charge in [0, 0.05) is 38.2 Å². The van der Waals surface area contributed by atoms with E-state index in [1.165, 1.54) is 33.4 Å². The molecule has 1 aliphatic rings. The molecule has 0 fully saturated rings. The first-order valence-corrected chi connectivity index (χ1v) is 21.5. The molecule has 1 aliphatic carbocycles. The monoisotopic (exact) mass is 803 g/mol. The molecule has 3 aromatic heterocycles. The second kappa shape index (κ2) is 14.2. The summed E-state index contributed by atoms with van der Waals surface area (Å²) in [6, 6.07) is 76.0. The van der Waals surface area contributed by atoms with E-state index < -0.39 is 0 Å². The maximum atomic E-state index is 6.66. The van der Waals surface area contributed by atoms with Crippen molar-refractivity contribution in [3.8, 4) is 78.1 Å². The normalized spacial score (nSPS) is 12.1. The van der Waals surface area contributed by atoms with Crippen molar-refractivity contribution >= 4 is 43.9 Å². The molecule has 0 unspecified atom stereocenters. The Morgan fingerprint density at radius 2 is 0.841 bits per heavy atom. The molecule has 0 N–H and O–H groups in total. The van der Waals surface area contributed by atoms with E-state index in [1.54, 1.807) is 0 Å². The Kier molecular flexibility index (Phi) is 7.97. The fourth-order valence-corrected chi connectivity index (χ4v) is 9.85. The van der Waals surface area contributed by atoms with Crippen molar-refractivity contribution in [1.82, 2.24) is 4.98 Å². The minimum atomic E-state index is 0.891. The zero-order valence-corrected chi connectivity index (χ0v) is 34.2. The van der Waals surface area contributed by atoms with Crippen molar-refractivity contribution in [3.63, 3.8) is 0 Å². The van der Waals surface area contributed by atoms with Gasteiger partial charge in [0.15, 0.2) is 0 Å². The smallest absolute Gasteiger partial charge is 0.143 e. The zero-order valence-electron chi connectivity index (χ0n) is 34.2. The van der Waals surface area contributed by atoms with Crippen LogP contribution in [0.4, 0.5) is 0 Å². The molecule has 0 amide bonds. The van der Waals surface area contributed by atoms with Crippen molar-refractivity contribution in [1.29, 1.82) is 0 Å². The van der Waals surface area contributed by atoms with Crippen LogP contribution < -0.4 is 0 Å². The predicted molar refractivity (Wildman–Crippen MR) is 260 cm³/mol. The summed E-state index contributed by atoms with van der Waals surface area (Å²) >= 11 is 0. The van der Waals surface area contributed by atoms with Gasteiger partial charge in [0.25, 0.3) is 0 Å². The van der Waals surface area contributed by atoms with Crippen molar-refractivity contribution in [3.05, 3.63) is 223 Å². The molecule has 0 saturated heterocycles. The van der Waals surface area contributed by atoms with Gasteiger partial charge in [-0.25, -0.2) is 4.98 Å². The highest BCUT2D eigenvalue weighted by Crippen LogP contribution is 2.45.